The molecule has 0 aromatic carbocycles. The molecule has 0 aliphatic heterocycles. The minimum atomic E-state index is -1.09. The Hall–Kier alpha value is -0.260. The van der Waals surface area contributed by atoms with Crippen LogP contribution in [-0.2, 0) is 16.0 Å². The monoisotopic (exact) mass is 179 g/mol. The minimum Gasteiger partial charge on any atom is -0.616 e. The molecule has 0 fully saturated rings. The van der Waals surface area contributed by atoms with E-state index in [0.29, 0.717) is 5.75 Å². The summed E-state index contributed by atoms with van der Waals surface area (Å²) in [6, 6.07) is -0.984. The first-order chi connectivity index (χ1) is 5.07. The maximum atomic E-state index is 10.9. The van der Waals surface area contributed by atoms with Crippen LogP contribution in [0.1, 0.15) is 13.3 Å². The quantitative estimate of drug-likeness (QED) is 0.560. The molecule has 0 saturated carbocycles. The van der Waals surface area contributed by atoms with Gasteiger partial charge in [0, 0.05) is 0 Å². The minimum absolute atomic E-state index is 0.0587. The summed E-state index contributed by atoms with van der Waals surface area (Å²) < 4.78 is 10.9. The van der Waals surface area contributed by atoms with Gasteiger partial charge in [-0.05, 0) is 6.42 Å². The van der Waals surface area contributed by atoms with Gasteiger partial charge in [-0.25, -0.2) is 0 Å². The van der Waals surface area contributed by atoms with Crippen molar-refractivity contribution in [2.75, 3.05) is 11.5 Å². The number of carboxylic acids is 1. The lowest BCUT2D eigenvalue weighted by Crippen LogP contribution is -2.37. The lowest BCUT2D eigenvalue weighted by Gasteiger charge is -2.11. The van der Waals surface area contributed by atoms with E-state index in [9.17, 15) is 9.35 Å². The van der Waals surface area contributed by atoms with Crippen molar-refractivity contribution in [2.45, 2.75) is 19.4 Å². The highest BCUT2D eigenvalue weighted by atomic mass is 32.2. The molecule has 1 unspecified atom stereocenters. The Bertz CT molecular complexity index is 131. The molecular weight excluding hydrogens is 166 g/mol. The van der Waals surface area contributed by atoms with Crippen molar-refractivity contribution in [3.63, 3.8) is 0 Å². The van der Waals surface area contributed by atoms with E-state index in [0.717, 1.165) is 6.42 Å². The van der Waals surface area contributed by atoms with Gasteiger partial charge in [0.25, 0.3) is 0 Å². The van der Waals surface area contributed by atoms with Crippen molar-refractivity contribution in [3.8, 4) is 0 Å². The molecule has 0 aromatic rings. The third-order valence-electron chi connectivity index (χ3n) is 1.11. The topological polar surface area (TPSA) is 86.4 Å². The van der Waals surface area contributed by atoms with Gasteiger partial charge in [-0.3, -0.25) is 4.79 Å². The Labute approximate surface area is 69.0 Å². The van der Waals surface area contributed by atoms with Crippen LogP contribution in [0.2, 0.25) is 0 Å². The fourth-order valence-corrected chi connectivity index (χ4v) is 1.75. The molecule has 0 saturated heterocycles. The lowest BCUT2D eigenvalue weighted by molar-refractivity contribution is -0.137. The molecule has 0 heterocycles. The van der Waals surface area contributed by atoms with Gasteiger partial charge < -0.3 is 15.4 Å². The van der Waals surface area contributed by atoms with Gasteiger partial charge in [0.2, 0.25) is 0 Å². The van der Waals surface area contributed by atoms with Gasteiger partial charge in [0.15, 0.2) is 0 Å². The summed E-state index contributed by atoms with van der Waals surface area (Å²) in [5.41, 5.74) is 5.16. The summed E-state index contributed by atoms with van der Waals surface area (Å²) in [6.45, 7) is 1.89. The van der Waals surface area contributed by atoms with E-state index < -0.39 is 23.2 Å². The first-order valence-electron chi connectivity index (χ1n) is 3.41. The van der Waals surface area contributed by atoms with Crippen LogP contribution >= 0.6 is 0 Å². The van der Waals surface area contributed by atoms with E-state index in [4.69, 9.17) is 10.8 Å². The van der Waals surface area contributed by atoms with Crippen LogP contribution in [0.3, 0.4) is 0 Å². The van der Waals surface area contributed by atoms with Crippen molar-refractivity contribution >= 4 is 17.1 Å². The van der Waals surface area contributed by atoms with Crippen LogP contribution < -0.4 is 5.73 Å². The Balaban J connectivity index is 3.56. The van der Waals surface area contributed by atoms with Crippen molar-refractivity contribution in [1.29, 1.82) is 0 Å². The van der Waals surface area contributed by atoms with Gasteiger partial charge in [0.1, 0.15) is 17.5 Å². The largest absolute Gasteiger partial charge is 0.616 e. The average molecular weight is 179 g/mol. The van der Waals surface area contributed by atoms with Gasteiger partial charge in [0.05, 0.1) is 0 Å². The number of carbonyl (C=O) groups is 1. The summed E-state index contributed by atoms with van der Waals surface area (Å²) in [4.78, 5) is 10.2. The third-order valence-corrected chi connectivity index (χ3v) is 2.71. The SMILES string of the molecule is CCC[S+]([O-])C[C@H](N)C(=O)O. The number of rotatable bonds is 5. The van der Waals surface area contributed by atoms with Gasteiger partial charge >= 0.3 is 5.97 Å². The molecule has 0 bridgehead atoms. The number of aliphatic carboxylic acids is 1. The van der Waals surface area contributed by atoms with Crippen LogP contribution in [0.5, 0.6) is 0 Å². The number of hydrogen-bond acceptors (Lipinski definition) is 3. The molecule has 66 valence electrons. The lowest BCUT2D eigenvalue weighted by atomic mass is 10.4. The molecule has 0 aromatic heterocycles. The second-order valence-corrected chi connectivity index (χ2v) is 3.88. The highest BCUT2D eigenvalue weighted by Gasteiger charge is 2.18. The zero-order chi connectivity index (χ0) is 8.85. The molecule has 3 N–H and O–H groups in total. The van der Waals surface area contributed by atoms with Crippen LogP contribution in [0, 0.1) is 0 Å². The molecule has 4 nitrogen and oxygen atoms in total. The maximum absolute atomic E-state index is 10.9. The second-order valence-electron chi connectivity index (χ2n) is 2.26. The zero-order valence-corrected chi connectivity index (χ0v) is 7.26. The zero-order valence-electron chi connectivity index (χ0n) is 6.45. The fraction of sp³-hybridized carbons (Fsp3) is 0.833. The molecule has 0 radical (unpaired) electrons. The number of carboxylic acid groups (broad SMARTS) is 1. The van der Waals surface area contributed by atoms with Gasteiger partial charge in [-0.2, -0.15) is 0 Å². The summed E-state index contributed by atoms with van der Waals surface area (Å²) in [7, 11) is 0. The predicted octanol–water partition coefficient (Wildman–Crippen LogP) is -0.443. The smallest absolute Gasteiger partial charge is 0.325 e. The van der Waals surface area contributed by atoms with E-state index in [2.05, 4.69) is 0 Å². The first-order valence-corrected chi connectivity index (χ1v) is 4.90. The Morgan fingerprint density at radius 3 is 2.73 bits per heavy atom. The molecule has 11 heavy (non-hydrogen) atoms. The highest BCUT2D eigenvalue weighted by molar-refractivity contribution is 7.91. The molecule has 0 rings (SSSR count). The van der Waals surface area contributed by atoms with Crippen LogP contribution in [-0.4, -0.2) is 33.2 Å². The molecule has 0 spiro atoms. The van der Waals surface area contributed by atoms with Crippen LogP contribution in [0.4, 0.5) is 0 Å². The number of hydrogen-bond donors (Lipinski definition) is 2. The van der Waals surface area contributed by atoms with Crippen molar-refractivity contribution in [2.24, 2.45) is 5.73 Å². The highest BCUT2D eigenvalue weighted by Crippen LogP contribution is 1.95. The Morgan fingerprint density at radius 1 is 1.82 bits per heavy atom. The van der Waals surface area contributed by atoms with Gasteiger partial charge in [-0.1, -0.05) is 18.1 Å². The van der Waals surface area contributed by atoms with Gasteiger partial charge in [-0.15, -0.1) is 0 Å². The number of nitrogens with two attached hydrogens (primary N) is 1. The predicted molar refractivity (Wildman–Crippen MR) is 43.8 cm³/mol. The fourth-order valence-electron chi connectivity index (χ4n) is 0.583. The normalized spacial score (nSPS) is 15.9. The molecule has 0 aliphatic carbocycles. The van der Waals surface area contributed by atoms with E-state index in [1.165, 1.54) is 0 Å². The second kappa shape index (κ2) is 5.40. The Kier molecular flexibility index (Phi) is 5.27. The van der Waals surface area contributed by atoms with Crippen molar-refractivity contribution < 1.29 is 14.5 Å². The van der Waals surface area contributed by atoms with E-state index in [-0.39, 0.29) is 5.75 Å². The van der Waals surface area contributed by atoms with E-state index in [1.807, 2.05) is 6.92 Å². The van der Waals surface area contributed by atoms with E-state index in [1.54, 1.807) is 0 Å². The molecule has 0 amide bonds. The third kappa shape index (κ3) is 5.06. The summed E-state index contributed by atoms with van der Waals surface area (Å²) in [5.74, 6) is -0.501. The van der Waals surface area contributed by atoms with Crippen LogP contribution in [0.25, 0.3) is 0 Å². The van der Waals surface area contributed by atoms with Crippen molar-refractivity contribution in [1.82, 2.24) is 0 Å². The Morgan fingerprint density at radius 2 is 2.36 bits per heavy atom. The summed E-state index contributed by atoms with van der Waals surface area (Å²) in [6.07, 6.45) is 0.791. The van der Waals surface area contributed by atoms with Crippen molar-refractivity contribution in [3.05, 3.63) is 0 Å². The molecular formula is C6H13NO3S. The first kappa shape index (κ1) is 10.7. The molecule has 2 atom stereocenters. The standard InChI is InChI=1S/C6H13NO3S/c1-2-3-11(10)4-5(7)6(8)9/h5H,2-4,7H2,1H3,(H,8,9)/t5-,11?/m0/s1. The molecule has 0 aliphatic rings. The molecule has 5 heteroatoms. The summed E-state index contributed by atoms with van der Waals surface area (Å²) >= 11 is -1.08. The van der Waals surface area contributed by atoms with E-state index >= 15 is 0 Å². The van der Waals surface area contributed by atoms with Crippen LogP contribution in [0.15, 0.2) is 0 Å². The summed E-state index contributed by atoms with van der Waals surface area (Å²) in [5, 5.41) is 8.34. The maximum Gasteiger partial charge on any atom is 0.325 e. The average Bonchev–Trinajstić information content (AvgIpc) is 1.87.